The van der Waals surface area contributed by atoms with E-state index in [9.17, 15) is 14.4 Å². The van der Waals surface area contributed by atoms with E-state index in [4.69, 9.17) is 11.6 Å². The second-order valence-electron chi connectivity index (χ2n) is 6.07. The molecule has 6 nitrogen and oxygen atoms in total. The van der Waals surface area contributed by atoms with Crippen LogP contribution in [0.5, 0.6) is 0 Å². The predicted molar refractivity (Wildman–Crippen MR) is 93.7 cm³/mol. The molecule has 1 aromatic carbocycles. The number of carbonyl (C=O) groups excluding carboxylic acids is 1. The number of carbonyl (C=O) groups is 1. The van der Waals surface area contributed by atoms with Crippen molar-refractivity contribution >= 4 is 28.4 Å². The fourth-order valence-corrected chi connectivity index (χ4v) is 3.48. The Morgan fingerprint density at radius 2 is 1.92 bits per heavy atom. The molecule has 0 unspecified atom stereocenters. The van der Waals surface area contributed by atoms with Crippen molar-refractivity contribution in [3.63, 3.8) is 0 Å². The van der Waals surface area contributed by atoms with Crippen LogP contribution >= 0.6 is 11.6 Å². The number of rotatable bonds is 3. The van der Waals surface area contributed by atoms with E-state index in [-0.39, 0.29) is 18.0 Å². The summed E-state index contributed by atoms with van der Waals surface area (Å²) in [7, 11) is 0. The molecule has 7 heteroatoms. The highest BCUT2D eigenvalue weighted by molar-refractivity contribution is 6.31. The molecule has 1 amide bonds. The van der Waals surface area contributed by atoms with Gasteiger partial charge in [0.15, 0.2) is 0 Å². The fourth-order valence-electron chi connectivity index (χ4n) is 3.32. The fraction of sp³-hybridized carbons (Fsp3) is 0.471. The monoisotopic (exact) mass is 349 g/mol. The summed E-state index contributed by atoms with van der Waals surface area (Å²) in [4.78, 5) is 39.9. The zero-order valence-corrected chi connectivity index (χ0v) is 14.5. The zero-order chi connectivity index (χ0) is 17.4. The maximum atomic E-state index is 12.8. The molecule has 1 fully saturated rings. The SMILES string of the molecule is CCn1c(=O)c2ccc(Cl)cc2n([C@H](C)C(=O)N2CCCC2)c1=O. The molecule has 0 bridgehead atoms. The van der Waals surface area contributed by atoms with E-state index >= 15 is 0 Å². The molecule has 1 saturated heterocycles. The van der Waals surface area contributed by atoms with Crippen LogP contribution in [0.2, 0.25) is 5.02 Å². The highest BCUT2D eigenvalue weighted by atomic mass is 35.5. The quantitative estimate of drug-likeness (QED) is 0.851. The second-order valence-corrected chi connectivity index (χ2v) is 6.51. The van der Waals surface area contributed by atoms with Crippen LogP contribution in [0.3, 0.4) is 0 Å². The second kappa shape index (κ2) is 6.43. The number of halogens is 1. The molecule has 0 saturated carbocycles. The minimum Gasteiger partial charge on any atom is -0.341 e. The lowest BCUT2D eigenvalue weighted by atomic mass is 10.2. The van der Waals surface area contributed by atoms with Crippen LogP contribution in [0.25, 0.3) is 10.9 Å². The van der Waals surface area contributed by atoms with E-state index in [2.05, 4.69) is 0 Å². The number of hydrogen-bond donors (Lipinski definition) is 0. The molecule has 0 spiro atoms. The average Bonchev–Trinajstić information content (AvgIpc) is 3.08. The van der Waals surface area contributed by atoms with Gasteiger partial charge in [0.05, 0.1) is 10.9 Å². The van der Waals surface area contributed by atoms with Crippen molar-refractivity contribution in [2.45, 2.75) is 39.3 Å². The molecule has 0 aliphatic carbocycles. The first kappa shape index (κ1) is 16.8. The van der Waals surface area contributed by atoms with E-state index in [1.165, 1.54) is 4.57 Å². The molecule has 1 aliphatic rings. The Balaban J connectivity index is 2.25. The average molecular weight is 350 g/mol. The molecule has 0 N–H and O–H groups in total. The van der Waals surface area contributed by atoms with Gasteiger partial charge >= 0.3 is 5.69 Å². The lowest BCUT2D eigenvalue weighted by Gasteiger charge is -2.24. The number of fused-ring (bicyclic) bond motifs is 1. The molecular formula is C17H20ClN3O3. The van der Waals surface area contributed by atoms with Crippen LogP contribution in [0.4, 0.5) is 0 Å². The lowest BCUT2D eigenvalue weighted by molar-refractivity contribution is -0.133. The Labute approximate surface area is 144 Å². The summed E-state index contributed by atoms with van der Waals surface area (Å²) in [6, 6.07) is 4.12. The first-order chi connectivity index (χ1) is 11.5. The Kier molecular flexibility index (Phi) is 4.49. The van der Waals surface area contributed by atoms with Crippen LogP contribution in [0, 0.1) is 0 Å². The molecule has 1 aromatic heterocycles. The molecule has 1 aliphatic heterocycles. The zero-order valence-electron chi connectivity index (χ0n) is 13.8. The van der Waals surface area contributed by atoms with Gasteiger partial charge in [-0.15, -0.1) is 0 Å². The highest BCUT2D eigenvalue weighted by Gasteiger charge is 2.27. The summed E-state index contributed by atoms with van der Waals surface area (Å²) >= 11 is 6.06. The van der Waals surface area contributed by atoms with Gasteiger partial charge in [-0.25, -0.2) is 4.79 Å². The van der Waals surface area contributed by atoms with E-state index in [0.717, 1.165) is 17.4 Å². The first-order valence-electron chi connectivity index (χ1n) is 8.19. The van der Waals surface area contributed by atoms with Crippen LogP contribution in [-0.4, -0.2) is 33.0 Å². The van der Waals surface area contributed by atoms with Crippen molar-refractivity contribution in [3.8, 4) is 0 Å². The van der Waals surface area contributed by atoms with Gasteiger partial charge in [0.1, 0.15) is 6.04 Å². The van der Waals surface area contributed by atoms with Crippen molar-refractivity contribution in [1.82, 2.24) is 14.0 Å². The molecule has 1 atom stereocenters. The number of amides is 1. The largest absolute Gasteiger partial charge is 0.341 e. The van der Waals surface area contributed by atoms with Crippen LogP contribution in [0.15, 0.2) is 27.8 Å². The molecule has 2 aromatic rings. The Morgan fingerprint density at radius 1 is 1.25 bits per heavy atom. The van der Waals surface area contributed by atoms with Crippen LogP contribution in [0.1, 0.15) is 32.7 Å². The van der Waals surface area contributed by atoms with Gasteiger partial charge in [0, 0.05) is 24.7 Å². The molecule has 0 radical (unpaired) electrons. The van der Waals surface area contributed by atoms with Crippen LogP contribution < -0.4 is 11.2 Å². The Bertz CT molecular complexity index is 910. The van der Waals surface area contributed by atoms with Crippen LogP contribution in [-0.2, 0) is 11.3 Å². The minimum absolute atomic E-state index is 0.0998. The molecule has 128 valence electrons. The van der Waals surface area contributed by atoms with Gasteiger partial charge in [0.2, 0.25) is 5.91 Å². The predicted octanol–water partition coefficient (Wildman–Crippen LogP) is 2.02. The minimum atomic E-state index is -0.685. The van der Waals surface area contributed by atoms with Crippen molar-refractivity contribution in [2.75, 3.05) is 13.1 Å². The lowest BCUT2D eigenvalue weighted by Crippen LogP contribution is -2.44. The molecule has 2 heterocycles. The van der Waals surface area contributed by atoms with E-state index in [1.54, 1.807) is 36.9 Å². The number of likely N-dealkylation sites (tertiary alicyclic amines) is 1. The van der Waals surface area contributed by atoms with Crippen molar-refractivity contribution in [3.05, 3.63) is 44.1 Å². The van der Waals surface area contributed by atoms with Crippen molar-refractivity contribution in [1.29, 1.82) is 0 Å². The number of hydrogen-bond acceptors (Lipinski definition) is 3. The summed E-state index contributed by atoms with van der Waals surface area (Å²) in [5.74, 6) is -0.0998. The standard InChI is InChI=1S/C17H20ClN3O3/c1-3-20-16(23)13-7-6-12(18)10-14(13)21(17(20)24)11(2)15(22)19-8-4-5-9-19/h6-7,10-11H,3-5,8-9H2,1-2H3/t11-/m1/s1. The summed E-state index contributed by atoms with van der Waals surface area (Å²) in [6.07, 6.45) is 1.96. The van der Waals surface area contributed by atoms with Crippen molar-refractivity contribution in [2.24, 2.45) is 0 Å². The molecular weight excluding hydrogens is 330 g/mol. The van der Waals surface area contributed by atoms with Crippen molar-refractivity contribution < 1.29 is 4.79 Å². The number of benzene rings is 1. The highest BCUT2D eigenvalue weighted by Crippen LogP contribution is 2.21. The molecule has 3 rings (SSSR count). The first-order valence-corrected chi connectivity index (χ1v) is 8.57. The maximum absolute atomic E-state index is 12.8. The summed E-state index contributed by atoms with van der Waals surface area (Å²) in [6.45, 7) is 5.11. The third-order valence-electron chi connectivity index (χ3n) is 4.61. The number of nitrogens with zero attached hydrogens (tertiary/aromatic N) is 3. The Morgan fingerprint density at radius 3 is 2.54 bits per heavy atom. The van der Waals surface area contributed by atoms with E-state index in [0.29, 0.717) is 29.0 Å². The topological polar surface area (TPSA) is 64.3 Å². The normalized spacial score (nSPS) is 15.9. The third-order valence-corrected chi connectivity index (χ3v) is 4.85. The van der Waals surface area contributed by atoms with Gasteiger partial charge in [0.25, 0.3) is 5.56 Å². The summed E-state index contributed by atoms with van der Waals surface area (Å²) in [5.41, 5.74) is -0.425. The van der Waals surface area contributed by atoms with Gasteiger partial charge in [-0.3, -0.25) is 18.7 Å². The summed E-state index contributed by atoms with van der Waals surface area (Å²) in [5, 5.41) is 0.812. The van der Waals surface area contributed by atoms with Gasteiger partial charge in [-0.1, -0.05) is 11.6 Å². The van der Waals surface area contributed by atoms with Gasteiger partial charge in [-0.05, 0) is 44.9 Å². The summed E-state index contributed by atoms with van der Waals surface area (Å²) < 4.78 is 2.55. The molecule has 24 heavy (non-hydrogen) atoms. The van der Waals surface area contributed by atoms with Gasteiger partial charge < -0.3 is 4.90 Å². The maximum Gasteiger partial charge on any atom is 0.332 e. The third kappa shape index (κ3) is 2.65. The smallest absolute Gasteiger partial charge is 0.332 e. The van der Waals surface area contributed by atoms with E-state index in [1.807, 2.05) is 0 Å². The Hall–Kier alpha value is -2.08. The van der Waals surface area contributed by atoms with Gasteiger partial charge in [-0.2, -0.15) is 0 Å². The van der Waals surface area contributed by atoms with E-state index < -0.39 is 11.7 Å². The number of aromatic nitrogens is 2.